The maximum atomic E-state index is 11.8. The SMILES string of the molecule is Cc1ccc(NCCCCNC(=O)CCOCCNC(=O)CCN2C(=O)C=CC2=O)cc1. The van der Waals surface area contributed by atoms with E-state index in [1.54, 1.807) is 0 Å². The van der Waals surface area contributed by atoms with Gasteiger partial charge in [0, 0.05) is 56.9 Å². The highest BCUT2D eigenvalue weighted by Gasteiger charge is 2.23. The highest BCUT2D eigenvalue weighted by molar-refractivity contribution is 6.13. The minimum absolute atomic E-state index is 0.0438. The van der Waals surface area contributed by atoms with Gasteiger partial charge in [0.05, 0.1) is 13.2 Å². The summed E-state index contributed by atoms with van der Waals surface area (Å²) in [5.41, 5.74) is 2.33. The van der Waals surface area contributed by atoms with Crippen LogP contribution in [0, 0.1) is 6.92 Å². The molecule has 4 amide bonds. The maximum absolute atomic E-state index is 11.8. The zero-order chi connectivity index (χ0) is 23.2. The summed E-state index contributed by atoms with van der Waals surface area (Å²) in [4.78, 5) is 47.3. The topological polar surface area (TPSA) is 117 Å². The van der Waals surface area contributed by atoms with E-state index in [-0.39, 0.29) is 44.4 Å². The van der Waals surface area contributed by atoms with Crippen LogP contribution in [-0.4, -0.2) is 67.9 Å². The molecular weight excluding hydrogens is 412 g/mol. The Morgan fingerprint density at radius 2 is 1.47 bits per heavy atom. The Bertz CT molecular complexity index is 789. The number of carbonyl (C=O) groups is 4. The summed E-state index contributed by atoms with van der Waals surface area (Å²) in [6, 6.07) is 8.25. The fourth-order valence-electron chi connectivity index (χ4n) is 2.95. The normalized spacial score (nSPS) is 12.8. The second kappa shape index (κ2) is 14.0. The molecule has 9 nitrogen and oxygen atoms in total. The number of imide groups is 1. The molecule has 0 saturated heterocycles. The largest absolute Gasteiger partial charge is 0.385 e. The van der Waals surface area contributed by atoms with Crippen LogP contribution in [0.5, 0.6) is 0 Å². The monoisotopic (exact) mass is 444 g/mol. The quantitative estimate of drug-likeness (QED) is 0.276. The van der Waals surface area contributed by atoms with E-state index in [4.69, 9.17) is 4.74 Å². The number of aryl methyl sites for hydroxylation is 1. The molecule has 32 heavy (non-hydrogen) atoms. The number of benzene rings is 1. The number of anilines is 1. The van der Waals surface area contributed by atoms with Gasteiger partial charge in [-0.25, -0.2) is 0 Å². The molecule has 0 saturated carbocycles. The van der Waals surface area contributed by atoms with Gasteiger partial charge in [-0.2, -0.15) is 0 Å². The number of nitrogens with zero attached hydrogens (tertiary/aromatic N) is 1. The fraction of sp³-hybridized carbons (Fsp3) is 0.478. The average molecular weight is 445 g/mol. The van der Waals surface area contributed by atoms with Crippen molar-refractivity contribution in [1.82, 2.24) is 15.5 Å². The van der Waals surface area contributed by atoms with Crippen LogP contribution < -0.4 is 16.0 Å². The van der Waals surface area contributed by atoms with Crippen molar-refractivity contribution in [3.05, 3.63) is 42.0 Å². The molecule has 0 bridgehead atoms. The van der Waals surface area contributed by atoms with Crippen molar-refractivity contribution in [2.75, 3.05) is 44.7 Å². The van der Waals surface area contributed by atoms with Gasteiger partial charge in [-0.15, -0.1) is 0 Å². The first-order valence-corrected chi connectivity index (χ1v) is 10.9. The van der Waals surface area contributed by atoms with Crippen molar-refractivity contribution in [1.29, 1.82) is 0 Å². The predicted molar refractivity (Wildman–Crippen MR) is 121 cm³/mol. The van der Waals surface area contributed by atoms with Crippen LogP contribution in [0.2, 0.25) is 0 Å². The average Bonchev–Trinajstić information content (AvgIpc) is 3.10. The van der Waals surface area contributed by atoms with Crippen LogP contribution in [0.4, 0.5) is 5.69 Å². The van der Waals surface area contributed by atoms with Crippen LogP contribution >= 0.6 is 0 Å². The van der Waals surface area contributed by atoms with Crippen LogP contribution in [0.25, 0.3) is 0 Å². The van der Waals surface area contributed by atoms with Crippen molar-refractivity contribution in [2.24, 2.45) is 0 Å². The summed E-state index contributed by atoms with van der Waals surface area (Å²) in [5.74, 6) is -1.13. The standard InChI is InChI=1S/C23H32N4O5/c1-18-4-6-19(7-5-18)24-12-2-3-13-25-21(29)11-16-32-17-14-26-20(28)10-15-27-22(30)8-9-23(27)31/h4-9,24H,2-3,10-17H2,1H3,(H,25,29)(H,26,28). The van der Waals surface area contributed by atoms with Crippen molar-refractivity contribution in [3.8, 4) is 0 Å². The summed E-state index contributed by atoms with van der Waals surface area (Å²) in [6.07, 6.45) is 4.54. The van der Waals surface area contributed by atoms with Gasteiger partial charge in [-0.1, -0.05) is 17.7 Å². The van der Waals surface area contributed by atoms with Crippen molar-refractivity contribution in [2.45, 2.75) is 32.6 Å². The first kappa shape index (κ1) is 25.1. The molecule has 0 unspecified atom stereocenters. The molecule has 1 aromatic carbocycles. The molecule has 1 aliphatic heterocycles. The number of unbranched alkanes of at least 4 members (excludes halogenated alkanes) is 1. The molecule has 0 radical (unpaired) electrons. The Kier molecular flexibility index (Phi) is 10.9. The van der Waals surface area contributed by atoms with Gasteiger partial charge < -0.3 is 20.7 Å². The lowest BCUT2D eigenvalue weighted by Crippen LogP contribution is -2.35. The van der Waals surface area contributed by atoms with E-state index in [0.29, 0.717) is 13.1 Å². The number of ether oxygens (including phenoxy) is 1. The van der Waals surface area contributed by atoms with E-state index in [9.17, 15) is 19.2 Å². The molecule has 3 N–H and O–H groups in total. The number of nitrogens with one attached hydrogen (secondary N) is 3. The molecule has 0 atom stereocenters. The summed E-state index contributed by atoms with van der Waals surface area (Å²) in [7, 11) is 0. The highest BCUT2D eigenvalue weighted by Crippen LogP contribution is 2.08. The molecule has 1 aliphatic rings. The zero-order valence-corrected chi connectivity index (χ0v) is 18.5. The molecule has 1 aromatic rings. The van der Waals surface area contributed by atoms with E-state index >= 15 is 0 Å². The minimum Gasteiger partial charge on any atom is -0.385 e. The van der Waals surface area contributed by atoms with Gasteiger partial charge in [0.1, 0.15) is 0 Å². The molecule has 0 spiro atoms. The lowest BCUT2D eigenvalue weighted by Gasteiger charge is -2.13. The molecule has 9 heteroatoms. The van der Waals surface area contributed by atoms with Crippen molar-refractivity contribution >= 4 is 29.3 Å². The Hall–Kier alpha value is -3.20. The summed E-state index contributed by atoms with van der Waals surface area (Å²) in [5, 5.41) is 8.87. The van der Waals surface area contributed by atoms with Crippen LogP contribution in [0.3, 0.4) is 0 Å². The Labute approximate surface area is 188 Å². The number of hydrogen-bond donors (Lipinski definition) is 3. The van der Waals surface area contributed by atoms with E-state index in [1.807, 2.05) is 0 Å². The third-order valence-corrected chi connectivity index (χ3v) is 4.81. The van der Waals surface area contributed by atoms with Crippen LogP contribution in [0.1, 0.15) is 31.2 Å². The van der Waals surface area contributed by atoms with E-state index < -0.39 is 11.8 Å². The van der Waals surface area contributed by atoms with Crippen LogP contribution in [-0.2, 0) is 23.9 Å². The maximum Gasteiger partial charge on any atom is 0.253 e. The second-order valence-corrected chi connectivity index (χ2v) is 7.47. The van der Waals surface area contributed by atoms with Crippen molar-refractivity contribution < 1.29 is 23.9 Å². The van der Waals surface area contributed by atoms with E-state index in [2.05, 4.69) is 47.1 Å². The predicted octanol–water partition coefficient (Wildman–Crippen LogP) is 1.14. The van der Waals surface area contributed by atoms with Crippen molar-refractivity contribution in [3.63, 3.8) is 0 Å². The molecule has 1 heterocycles. The van der Waals surface area contributed by atoms with Gasteiger partial charge in [0.2, 0.25) is 11.8 Å². The smallest absolute Gasteiger partial charge is 0.253 e. The van der Waals surface area contributed by atoms with E-state index in [1.165, 1.54) is 17.7 Å². The molecule has 0 fully saturated rings. The van der Waals surface area contributed by atoms with Crippen LogP contribution in [0.15, 0.2) is 36.4 Å². The lowest BCUT2D eigenvalue weighted by atomic mass is 10.2. The number of rotatable bonds is 15. The summed E-state index contributed by atoms with van der Waals surface area (Å²) >= 11 is 0. The zero-order valence-electron chi connectivity index (χ0n) is 18.5. The molecule has 0 aromatic heterocycles. The molecular formula is C23H32N4O5. The Morgan fingerprint density at radius 1 is 0.844 bits per heavy atom. The third kappa shape index (κ3) is 9.74. The summed E-state index contributed by atoms with van der Waals surface area (Å²) < 4.78 is 5.35. The van der Waals surface area contributed by atoms with Gasteiger partial charge in [0.15, 0.2) is 0 Å². The minimum atomic E-state index is -0.400. The molecule has 2 rings (SSSR count). The van der Waals surface area contributed by atoms with Gasteiger partial charge in [-0.3, -0.25) is 24.1 Å². The molecule has 0 aliphatic carbocycles. The lowest BCUT2D eigenvalue weighted by molar-refractivity contribution is -0.137. The molecule has 174 valence electrons. The number of carbonyl (C=O) groups excluding carboxylic acids is 4. The second-order valence-electron chi connectivity index (χ2n) is 7.47. The first-order valence-electron chi connectivity index (χ1n) is 10.9. The van der Waals surface area contributed by atoms with Gasteiger partial charge in [0.25, 0.3) is 11.8 Å². The number of hydrogen-bond acceptors (Lipinski definition) is 6. The third-order valence-electron chi connectivity index (χ3n) is 4.81. The fourth-order valence-corrected chi connectivity index (χ4v) is 2.95. The highest BCUT2D eigenvalue weighted by atomic mass is 16.5. The first-order chi connectivity index (χ1) is 15.5. The van der Waals surface area contributed by atoms with E-state index in [0.717, 1.165) is 30.0 Å². The Balaban J connectivity index is 1.38. The summed E-state index contributed by atoms with van der Waals surface area (Å²) in [6.45, 7) is 4.46. The van der Waals surface area contributed by atoms with Gasteiger partial charge >= 0.3 is 0 Å². The Morgan fingerprint density at radius 3 is 2.19 bits per heavy atom. The van der Waals surface area contributed by atoms with Gasteiger partial charge in [-0.05, 0) is 31.9 Å². The number of amides is 4.